The molecular weight excluding hydrogens is 721 g/mol. The largest absolute Gasteiger partial charge is 0.462 e. The molecule has 0 bridgehead atoms. The first-order chi connectivity index (χ1) is 28.5. The quantitative estimate of drug-likeness (QED) is 0.0264. The topological polar surface area (TPSA) is 78.9 Å². The summed E-state index contributed by atoms with van der Waals surface area (Å²) in [6.45, 7) is 6.41. The summed E-state index contributed by atoms with van der Waals surface area (Å²) in [7, 11) is 0. The van der Waals surface area contributed by atoms with Crippen molar-refractivity contribution in [1.82, 2.24) is 0 Å². The van der Waals surface area contributed by atoms with Gasteiger partial charge in [-0.2, -0.15) is 0 Å². The van der Waals surface area contributed by atoms with E-state index in [1.54, 1.807) is 0 Å². The second-order valence-electron chi connectivity index (χ2n) is 16.0. The smallest absolute Gasteiger partial charge is 0.306 e. The lowest BCUT2D eigenvalue weighted by Crippen LogP contribution is -2.30. The fraction of sp³-hybridized carbons (Fsp3) is 0.750. The molecule has 0 N–H and O–H groups in total. The minimum atomic E-state index is -0.765. The first-order valence-electron chi connectivity index (χ1n) is 24.3. The van der Waals surface area contributed by atoms with Gasteiger partial charge in [-0.15, -0.1) is 0 Å². The third-order valence-electron chi connectivity index (χ3n) is 10.3. The van der Waals surface area contributed by atoms with Crippen LogP contribution in [0.4, 0.5) is 0 Å². The molecule has 0 amide bonds. The van der Waals surface area contributed by atoms with Gasteiger partial charge in [0.05, 0.1) is 0 Å². The van der Waals surface area contributed by atoms with E-state index >= 15 is 0 Å². The maximum Gasteiger partial charge on any atom is 0.306 e. The molecule has 0 fully saturated rings. The molecule has 0 heterocycles. The third kappa shape index (κ3) is 44.2. The summed E-state index contributed by atoms with van der Waals surface area (Å²) in [5, 5.41) is 0. The van der Waals surface area contributed by atoms with E-state index in [2.05, 4.69) is 81.5 Å². The van der Waals surface area contributed by atoms with Crippen molar-refractivity contribution in [1.29, 1.82) is 0 Å². The van der Waals surface area contributed by atoms with Crippen LogP contribution < -0.4 is 0 Å². The molecule has 58 heavy (non-hydrogen) atoms. The van der Waals surface area contributed by atoms with Crippen molar-refractivity contribution < 1.29 is 28.6 Å². The summed E-state index contributed by atoms with van der Waals surface area (Å²) < 4.78 is 16.6. The van der Waals surface area contributed by atoms with Gasteiger partial charge in [0.2, 0.25) is 0 Å². The second kappa shape index (κ2) is 46.8. The number of allylic oxidation sites excluding steroid dienone is 10. The normalized spacial score (nSPS) is 12.5. The number of rotatable bonds is 43. The standard InChI is InChI=1S/C52H90O6/c1-4-7-10-13-16-17-18-19-20-21-22-23-24-25-26-27-28-29-30-31-32-33-34-35-37-39-42-45-51(54)57-48-49(47-56-50(53)44-41-38-15-12-9-6-3)58-52(55)46-43-40-36-14-11-8-5-2/h7,10,16-17,19-20,22-23,25-26,49H,4-6,8-9,11-15,18,21,24,27-48H2,1-3H3/b10-7-,17-16-,20-19-,23-22-,26-25-. The molecule has 0 saturated heterocycles. The van der Waals surface area contributed by atoms with E-state index < -0.39 is 6.10 Å². The number of esters is 3. The lowest BCUT2D eigenvalue weighted by atomic mass is 10.0. The van der Waals surface area contributed by atoms with Crippen LogP contribution in [0.15, 0.2) is 60.8 Å². The van der Waals surface area contributed by atoms with Crippen LogP contribution in [0.5, 0.6) is 0 Å². The molecule has 1 atom stereocenters. The van der Waals surface area contributed by atoms with Gasteiger partial charge < -0.3 is 14.2 Å². The molecule has 6 heteroatoms. The Morgan fingerprint density at radius 2 is 0.672 bits per heavy atom. The Kier molecular flexibility index (Phi) is 44.5. The van der Waals surface area contributed by atoms with E-state index in [0.717, 1.165) is 89.9 Å². The monoisotopic (exact) mass is 811 g/mol. The highest BCUT2D eigenvalue weighted by molar-refractivity contribution is 5.71. The second-order valence-corrected chi connectivity index (χ2v) is 16.0. The van der Waals surface area contributed by atoms with Gasteiger partial charge in [-0.1, -0.05) is 210 Å². The number of ether oxygens (including phenoxy) is 3. The Hall–Kier alpha value is -2.89. The van der Waals surface area contributed by atoms with E-state index in [0.29, 0.717) is 19.3 Å². The lowest BCUT2D eigenvalue weighted by Gasteiger charge is -2.18. The summed E-state index contributed by atoms with van der Waals surface area (Å²) in [4.78, 5) is 37.4. The Morgan fingerprint density at radius 3 is 1.05 bits per heavy atom. The van der Waals surface area contributed by atoms with Gasteiger partial charge in [-0.05, 0) is 64.2 Å². The molecule has 0 aromatic rings. The minimum absolute atomic E-state index is 0.0736. The van der Waals surface area contributed by atoms with Crippen molar-refractivity contribution in [2.24, 2.45) is 0 Å². The van der Waals surface area contributed by atoms with Crippen LogP contribution in [0.3, 0.4) is 0 Å². The maximum absolute atomic E-state index is 12.6. The minimum Gasteiger partial charge on any atom is -0.462 e. The zero-order valence-electron chi connectivity index (χ0n) is 38.0. The summed E-state index contributed by atoms with van der Waals surface area (Å²) in [6, 6.07) is 0. The Bertz CT molecular complexity index is 1070. The van der Waals surface area contributed by atoms with Gasteiger partial charge in [0.1, 0.15) is 13.2 Å². The molecule has 0 aliphatic rings. The average molecular weight is 811 g/mol. The summed E-state index contributed by atoms with van der Waals surface area (Å²) in [6.07, 6.45) is 56.8. The molecule has 6 nitrogen and oxygen atoms in total. The van der Waals surface area contributed by atoms with E-state index in [9.17, 15) is 14.4 Å². The third-order valence-corrected chi connectivity index (χ3v) is 10.3. The highest BCUT2D eigenvalue weighted by Gasteiger charge is 2.19. The predicted octanol–water partition coefficient (Wildman–Crippen LogP) is 15.7. The van der Waals surface area contributed by atoms with Crippen LogP contribution in [-0.2, 0) is 28.6 Å². The number of unbranched alkanes of at least 4 members (excludes halogenated alkanes) is 22. The first-order valence-corrected chi connectivity index (χ1v) is 24.3. The Labute approximate surface area is 358 Å². The van der Waals surface area contributed by atoms with Crippen LogP contribution in [0, 0.1) is 0 Å². The molecule has 334 valence electrons. The zero-order chi connectivity index (χ0) is 42.3. The Morgan fingerprint density at radius 1 is 0.362 bits per heavy atom. The van der Waals surface area contributed by atoms with E-state index in [-0.39, 0.29) is 31.1 Å². The summed E-state index contributed by atoms with van der Waals surface area (Å²) in [5.41, 5.74) is 0. The van der Waals surface area contributed by atoms with Crippen LogP contribution in [0.2, 0.25) is 0 Å². The molecule has 0 spiro atoms. The van der Waals surface area contributed by atoms with Gasteiger partial charge in [-0.3, -0.25) is 14.4 Å². The fourth-order valence-electron chi connectivity index (χ4n) is 6.64. The lowest BCUT2D eigenvalue weighted by molar-refractivity contribution is -0.167. The van der Waals surface area contributed by atoms with Crippen LogP contribution in [0.25, 0.3) is 0 Å². The summed E-state index contributed by atoms with van der Waals surface area (Å²) >= 11 is 0. The number of carbonyl (C=O) groups excluding carboxylic acids is 3. The van der Waals surface area contributed by atoms with Crippen molar-refractivity contribution in [3.05, 3.63) is 60.8 Å². The van der Waals surface area contributed by atoms with E-state index in [1.165, 1.54) is 103 Å². The first kappa shape index (κ1) is 55.1. The molecule has 0 aromatic carbocycles. The van der Waals surface area contributed by atoms with E-state index in [4.69, 9.17) is 14.2 Å². The number of carbonyl (C=O) groups is 3. The van der Waals surface area contributed by atoms with Gasteiger partial charge in [-0.25, -0.2) is 0 Å². The van der Waals surface area contributed by atoms with Gasteiger partial charge in [0, 0.05) is 19.3 Å². The van der Waals surface area contributed by atoms with Crippen molar-refractivity contribution in [2.45, 2.75) is 239 Å². The van der Waals surface area contributed by atoms with E-state index in [1.807, 2.05) is 0 Å². The highest BCUT2D eigenvalue weighted by Crippen LogP contribution is 2.14. The van der Waals surface area contributed by atoms with Crippen LogP contribution >= 0.6 is 0 Å². The van der Waals surface area contributed by atoms with Crippen molar-refractivity contribution in [3.63, 3.8) is 0 Å². The Balaban J connectivity index is 3.99. The van der Waals surface area contributed by atoms with Crippen molar-refractivity contribution in [2.75, 3.05) is 13.2 Å². The van der Waals surface area contributed by atoms with Gasteiger partial charge in [0.25, 0.3) is 0 Å². The van der Waals surface area contributed by atoms with Gasteiger partial charge >= 0.3 is 17.9 Å². The maximum atomic E-state index is 12.6. The fourth-order valence-corrected chi connectivity index (χ4v) is 6.64. The molecule has 0 radical (unpaired) electrons. The van der Waals surface area contributed by atoms with Gasteiger partial charge in [0.15, 0.2) is 6.10 Å². The molecule has 0 saturated carbocycles. The SMILES string of the molecule is CC/C=C\C/C=C\C/C=C\C/C=C\C/C=C\CCCCCCCCCCCCCC(=O)OCC(COC(=O)CCCCCCCC)OC(=O)CCCCCCCCC. The highest BCUT2D eigenvalue weighted by atomic mass is 16.6. The molecule has 0 aliphatic carbocycles. The molecule has 1 unspecified atom stereocenters. The predicted molar refractivity (Wildman–Crippen MR) is 247 cm³/mol. The van der Waals surface area contributed by atoms with Crippen molar-refractivity contribution in [3.8, 4) is 0 Å². The van der Waals surface area contributed by atoms with Crippen molar-refractivity contribution >= 4 is 17.9 Å². The molecular formula is C52H90O6. The van der Waals surface area contributed by atoms with Crippen LogP contribution in [0.1, 0.15) is 233 Å². The average Bonchev–Trinajstić information content (AvgIpc) is 3.22. The zero-order valence-corrected chi connectivity index (χ0v) is 38.0. The molecule has 0 aromatic heterocycles. The summed E-state index contributed by atoms with van der Waals surface area (Å²) in [5.74, 6) is -0.894. The number of hydrogen-bond donors (Lipinski definition) is 0. The van der Waals surface area contributed by atoms with Crippen LogP contribution in [-0.4, -0.2) is 37.2 Å². The number of hydrogen-bond acceptors (Lipinski definition) is 6. The molecule has 0 rings (SSSR count). The molecule has 0 aliphatic heterocycles.